The van der Waals surface area contributed by atoms with Gasteiger partial charge in [-0.2, -0.15) is 0 Å². The van der Waals surface area contributed by atoms with E-state index in [1.165, 1.54) is 0 Å². The number of pyridine rings is 1. The minimum absolute atomic E-state index is 0.0175. The van der Waals surface area contributed by atoms with E-state index in [1.54, 1.807) is 19.4 Å². The van der Waals surface area contributed by atoms with Crippen molar-refractivity contribution in [3.05, 3.63) is 23.6 Å². The first-order valence-electron chi connectivity index (χ1n) is 6.65. The fraction of sp³-hybridized carbons (Fsp3) is 0.643. The van der Waals surface area contributed by atoms with Gasteiger partial charge in [-0.05, 0) is 25.5 Å². The molecule has 0 bridgehead atoms. The third kappa shape index (κ3) is 5.53. The average molecular weight is 269 g/mol. The van der Waals surface area contributed by atoms with Crippen LogP contribution < -0.4 is 10.6 Å². The monoisotopic (exact) mass is 269 g/mol. The number of aromatic nitrogens is 1. The van der Waals surface area contributed by atoms with Gasteiger partial charge < -0.3 is 15.4 Å². The quantitative estimate of drug-likeness (QED) is 0.761. The molecule has 0 fully saturated rings. The Hall–Kier alpha value is -1.20. The summed E-state index contributed by atoms with van der Waals surface area (Å²) in [5, 5.41) is 6.19. The van der Waals surface area contributed by atoms with Gasteiger partial charge in [-0.3, -0.25) is 0 Å². The maximum absolute atomic E-state index is 14.1. The molecule has 0 saturated heterocycles. The van der Waals surface area contributed by atoms with Crippen LogP contribution in [-0.4, -0.2) is 31.3 Å². The standard InChI is InChI=1S/C14H24FN3O/c1-10(2)7-16-9-12-5-6-17-14(13(12)15)18-8-11(3)19-4/h5-6,10-11,16H,7-9H2,1-4H3,(H,17,18). The van der Waals surface area contributed by atoms with Crippen molar-refractivity contribution in [3.63, 3.8) is 0 Å². The Morgan fingerprint density at radius 2 is 2.05 bits per heavy atom. The summed E-state index contributed by atoms with van der Waals surface area (Å²) in [5.41, 5.74) is 0.628. The van der Waals surface area contributed by atoms with Gasteiger partial charge in [0, 0.05) is 32.0 Å². The van der Waals surface area contributed by atoms with E-state index in [-0.39, 0.29) is 17.7 Å². The zero-order valence-corrected chi connectivity index (χ0v) is 12.2. The second-order valence-electron chi connectivity index (χ2n) is 5.08. The fourth-order valence-corrected chi connectivity index (χ4v) is 1.56. The van der Waals surface area contributed by atoms with E-state index in [4.69, 9.17) is 4.74 Å². The van der Waals surface area contributed by atoms with Gasteiger partial charge in [-0.25, -0.2) is 9.37 Å². The summed E-state index contributed by atoms with van der Waals surface area (Å²) < 4.78 is 19.3. The molecule has 1 heterocycles. The van der Waals surface area contributed by atoms with Crippen molar-refractivity contribution >= 4 is 5.82 Å². The molecule has 1 unspecified atom stereocenters. The van der Waals surface area contributed by atoms with E-state index in [1.807, 2.05) is 6.92 Å². The molecule has 0 aliphatic heterocycles. The molecule has 0 saturated carbocycles. The zero-order chi connectivity index (χ0) is 14.3. The minimum atomic E-state index is -0.290. The van der Waals surface area contributed by atoms with Crippen molar-refractivity contribution < 1.29 is 9.13 Å². The predicted octanol–water partition coefficient (Wildman–Crippen LogP) is 2.41. The summed E-state index contributed by atoms with van der Waals surface area (Å²) in [4.78, 5) is 4.02. The normalized spacial score (nSPS) is 12.7. The molecular weight excluding hydrogens is 245 g/mol. The summed E-state index contributed by atoms with van der Waals surface area (Å²) in [7, 11) is 1.63. The Balaban J connectivity index is 2.59. The lowest BCUT2D eigenvalue weighted by Crippen LogP contribution is -2.22. The van der Waals surface area contributed by atoms with Crippen LogP contribution in [0, 0.1) is 11.7 Å². The van der Waals surface area contributed by atoms with Crippen LogP contribution >= 0.6 is 0 Å². The van der Waals surface area contributed by atoms with E-state index < -0.39 is 0 Å². The van der Waals surface area contributed by atoms with Crippen molar-refractivity contribution in [2.45, 2.75) is 33.4 Å². The molecule has 1 aromatic heterocycles. The number of hydrogen-bond donors (Lipinski definition) is 2. The average Bonchev–Trinajstić information content (AvgIpc) is 2.38. The lowest BCUT2D eigenvalue weighted by Gasteiger charge is -2.13. The highest BCUT2D eigenvalue weighted by Crippen LogP contribution is 2.15. The highest BCUT2D eigenvalue weighted by Gasteiger charge is 2.10. The van der Waals surface area contributed by atoms with Gasteiger partial charge in [0.15, 0.2) is 11.6 Å². The smallest absolute Gasteiger partial charge is 0.169 e. The predicted molar refractivity (Wildman–Crippen MR) is 75.7 cm³/mol. The highest BCUT2D eigenvalue weighted by atomic mass is 19.1. The lowest BCUT2D eigenvalue weighted by molar-refractivity contribution is 0.128. The van der Waals surface area contributed by atoms with Gasteiger partial charge in [0.1, 0.15) is 0 Å². The molecule has 19 heavy (non-hydrogen) atoms. The molecule has 0 aromatic carbocycles. The fourth-order valence-electron chi connectivity index (χ4n) is 1.56. The van der Waals surface area contributed by atoms with Crippen LogP contribution in [-0.2, 0) is 11.3 Å². The van der Waals surface area contributed by atoms with Crippen LogP contribution in [0.4, 0.5) is 10.2 Å². The Kier molecular flexibility index (Phi) is 6.73. The highest BCUT2D eigenvalue weighted by molar-refractivity contribution is 5.39. The lowest BCUT2D eigenvalue weighted by atomic mass is 10.2. The van der Waals surface area contributed by atoms with Gasteiger partial charge in [-0.15, -0.1) is 0 Å². The first-order chi connectivity index (χ1) is 9.04. The summed E-state index contributed by atoms with van der Waals surface area (Å²) in [6.07, 6.45) is 1.64. The number of nitrogens with zero attached hydrogens (tertiary/aromatic N) is 1. The first kappa shape index (κ1) is 15.9. The van der Waals surface area contributed by atoms with Gasteiger partial charge in [0.05, 0.1) is 6.10 Å². The van der Waals surface area contributed by atoms with E-state index in [0.717, 1.165) is 6.54 Å². The summed E-state index contributed by atoms with van der Waals surface area (Å²) in [5.74, 6) is 0.542. The van der Waals surface area contributed by atoms with Gasteiger partial charge in [0.2, 0.25) is 0 Å². The number of methoxy groups -OCH3 is 1. The second kappa shape index (κ2) is 8.07. The van der Waals surface area contributed by atoms with Crippen molar-refractivity contribution in [3.8, 4) is 0 Å². The van der Waals surface area contributed by atoms with Crippen molar-refractivity contribution in [2.24, 2.45) is 5.92 Å². The summed E-state index contributed by atoms with van der Waals surface area (Å²) in [6.45, 7) is 8.07. The maximum Gasteiger partial charge on any atom is 0.169 e. The zero-order valence-electron chi connectivity index (χ0n) is 12.2. The molecule has 1 rings (SSSR count). The molecule has 0 aliphatic carbocycles. The van der Waals surface area contributed by atoms with Crippen LogP contribution in [0.15, 0.2) is 12.3 Å². The molecule has 0 aliphatic rings. The topological polar surface area (TPSA) is 46.2 Å². The molecule has 0 amide bonds. The summed E-state index contributed by atoms with van der Waals surface area (Å²) in [6, 6.07) is 1.70. The molecule has 1 aromatic rings. The molecule has 108 valence electrons. The number of nitrogens with one attached hydrogen (secondary N) is 2. The number of halogens is 1. The second-order valence-corrected chi connectivity index (χ2v) is 5.08. The molecule has 0 spiro atoms. The van der Waals surface area contributed by atoms with E-state index in [0.29, 0.717) is 24.6 Å². The largest absolute Gasteiger partial charge is 0.380 e. The van der Waals surface area contributed by atoms with Crippen LogP contribution in [0.2, 0.25) is 0 Å². The van der Waals surface area contributed by atoms with E-state index in [2.05, 4.69) is 29.5 Å². The number of anilines is 1. The minimum Gasteiger partial charge on any atom is -0.380 e. The Morgan fingerprint density at radius 3 is 2.68 bits per heavy atom. The van der Waals surface area contributed by atoms with Crippen LogP contribution in [0.3, 0.4) is 0 Å². The Bertz CT molecular complexity index is 385. The number of rotatable bonds is 8. The SMILES string of the molecule is COC(C)CNc1nccc(CNCC(C)C)c1F. The van der Waals surface area contributed by atoms with Gasteiger partial charge in [0.25, 0.3) is 0 Å². The van der Waals surface area contributed by atoms with Crippen molar-refractivity contribution in [2.75, 3.05) is 25.5 Å². The van der Waals surface area contributed by atoms with E-state index in [9.17, 15) is 4.39 Å². The van der Waals surface area contributed by atoms with Gasteiger partial charge in [-0.1, -0.05) is 13.8 Å². The Labute approximate surface area is 114 Å². The first-order valence-corrected chi connectivity index (χ1v) is 6.65. The van der Waals surface area contributed by atoms with Crippen LogP contribution in [0.5, 0.6) is 0 Å². The molecule has 4 nitrogen and oxygen atoms in total. The maximum atomic E-state index is 14.1. The van der Waals surface area contributed by atoms with Crippen molar-refractivity contribution in [1.29, 1.82) is 0 Å². The van der Waals surface area contributed by atoms with Crippen LogP contribution in [0.1, 0.15) is 26.3 Å². The molecule has 5 heteroatoms. The third-order valence-electron chi connectivity index (χ3n) is 2.80. The molecule has 1 atom stereocenters. The van der Waals surface area contributed by atoms with Crippen LogP contribution in [0.25, 0.3) is 0 Å². The van der Waals surface area contributed by atoms with Crippen molar-refractivity contribution in [1.82, 2.24) is 10.3 Å². The third-order valence-corrected chi connectivity index (χ3v) is 2.80. The van der Waals surface area contributed by atoms with Gasteiger partial charge >= 0.3 is 0 Å². The van der Waals surface area contributed by atoms with E-state index >= 15 is 0 Å². The molecule has 0 radical (unpaired) electrons. The molecular formula is C14H24FN3O. The summed E-state index contributed by atoms with van der Waals surface area (Å²) >= 11 is 0. The Morgan fingerprint density at radius 1 is 1.32 bits per heavy atom. The molecule has 2 N–H and O–H groups in total. The number of ether oxygens (including phenoxy) is 1. The number of hydrogen-bond acceptors (Lipinski definition) is 4.